The molecule has 2 rings (SSSR count). The summed E-state index contributed by atoms with van der Waals surface area (Å²) < 4.78 is 10.2. The van der Waals surface area contributed by atoms with E-state index in [1.165, 1.54) is 12.8 Å². The third kappa shape index (κ3) is 5.92. The maximum absolute atomic E-state index is 11.8. The normalized spacial score (nSPS) is 15.0. The Labute approximate surface area is 141 Å². The average molecular weight is 330 g/mol. The first kappa shape index (κ1) is 17.8. The minimum atomic E-state index is -0.640. The van der Waals surface area contributed by atoms with Crippen LogP contribution in [0, 0.1) is 11.3 Å². The molecule has 1 aromatic carbocycles. The Morgan fingerprint density at radius 2 is 1.83 bits per heavy atom. The molecule has 1 N–H and O–H groups in total. The van der Waals surface area contributed by atoms with E-state index >= 15 is 0 Å². The summed E-state index contributed by atoms with van der Waals surface area (Å²) >= 11 is 0. The Hall–Kier alpha value is -2.55. The van der Waals surface area contributed by atoms with Gasteiger partial charge in [-0.25, -0.2) is 4.79 Å². The van der Waals surface area contributed by atoms with Crippen molar-refractivity contribution < 1.29 is 19.1 Å². The van der Waals surface area contributed by atoms with Crippen LogP contribution in [0.5, 0.6) is 5.75 Å². The van der Waals surface area contributed by atoms with Crippen molar-refractivity contribution in [3.63, 3.8) is 0 Å². The number of carbonyl (C=O) groups is 2. The molecule has 0 aliphatic heterocycles. The summed E-state index contributed by atoms with van der Waals surface area (Å²) in [6.07, 6.45) is 6.63. The second-order valence-corrected chi connectivity index (χ2v) is 5.81. The molecule has 1 aliphatic carbocycles. The van der Waals surface area contributed by atoms with E-state index in [-0.39, 0.29) is 25.2 Å². The number of nitriles is 1. The van der Waals surface area contributed by atoms with Gasteiger partial charge >= 0.3 is 5.97 Å². The van der Waals surface area contributed by atoms with E-state index in [2.05, 4.69) is 5.32 Å². The van der Waals surface area contributed by atoms with Gasteiger partial charge in [0.2, 0.25) is 0 Å². The quantitative estimate of drug-likeness (QED) is 0.639. The summed E-state index contributed by atoms with van der Waals surface area (Å²) in [6.45, 7) is -0.645. The van der Waals surface area contributed by atoms with Crippen molar-refractivity contribution >= 4 is 11.9 Å². The fourth-order valence-electron chi connectivity index (χ4n) is 2.70. The molecule has 1 aliphatic rings. The first-order chi connectivity index (χ1) is 11.7. The largest absolute Gasteiger partial charge is 0.481 e. The average Bonchev–Trinajstić information content (AvgIpc) is 2.87. The second-order valence-electron chi connectivity index (χ2n) is 5.81. The van der Waals surface area contributed by atoms with E-state index in [9.17, 15) is 9.59 Å². The zero-order valence-electron chi connectivity index (χ0n) is 13.6. The van der Waals surface area contributed by atoms with Gasteiger partial charge in [-0.1, -0.05) is 37.8 Å². The van der Waals surface area contributed by atoms with Gasteiger partial charge in [0, 0.05) is 6.04 Å². The molecular formula is C18H22N2O4. The van der Waals surface area contributed by atoms with Crippen LogP contribution in [0.2, 0.25) is 0 Å². The monoisotopic (exact) mass is 330 g/mol. The van der Waals surface area contributed by atoms with Crippen LogP contribution in [-0.2, 0) is 14.3 Å². The van der Waals surface area contributed by atoms with E-state index in [0.29, 0.717) is 11.3 Å². The third-order valence-corrected chi connectivity index (χ3v) is 3.94. The molecule has 0 bridgehead atoms. The lowest BCUT2D eigenvalue weighted by molar-refractivity contribution is -0.150. The van der Waals surface area contributed by atoms with E-state index < -0.39 is 5.97 Å². The molecule has 6 heteroatoms. The summed E-state index contributed by atoms with van der Waals surface area (Å²) in [5, 5.41) is 11.8. The van der Waals surface area contributed by atoms with E-state index in [1.54, 1.807) is 24.3 Å². The fourth-order valence-corrected chi connectivity index (χ4v) is 2.70. The summed E-state index contributed by atoms with van der Waals surface area (Å²) in [7, 11) is 0. The number of hydrogen-bond donors (Lipinski definition) is 1. The van der Waals surface area contributed by atoms with Crippen molar-refractivity contribution in [2.45, 2.75) is 44.6 Å². The Bertz CT molecular complexity index is 601. The highest BCUT2D eigenvalue weighted by molar-refractivity contribution is 5.81. The van der Waals surface area contributed by atoms with Crippen LogP contribution in [0.4, 0.5) is 0 Å². The summed E-state index contributed by atoms with van der Waals surface area (Å²) in [5.41, 5.74) is 0.344. The van der Waals surface area contributed by atoms with Gasteiger partial charge in [-0.15, -0.1) is 0 Å². The highest BCUT2D eigenvalue weighted by Gasteiger charge is 2.16. The molecule has 0 aromatic heterocycles. The molecule has 0 unspecified atom stereocenters. The number of para-hydroxylation sites is 1. The van der Waals surface area contributed by atoms with Crippen LogP contribution in [-0.4, -0.2) is 31.1 Å². The van der Waals surface area contributed by atoms with Crippen molar-refractivity contribution in [1.82, 2.24) is 5.32 Å². The predicted molar refractivity (Wildman–Crippen MR) is 87.2 cm³/mol. The highest BCUT2D eigenvalue weighted by atomic mass is 16.6. The lowest BCUT2D eigenvalue weighted by Gasteiger charge is -2.16. The molecule has 24 heavy (non-hydrogen) atoms. The molecule has 0 spiro atoms. The molecule has 1 amide bonds. The van der Waals surface area contributed by atoms with Gasteiger partial charge in [0.25, 0.3) is 5.91 Å². The zero-order chi connectivity index (χ0) is 17.2. The van der Waals surface area contributed by atoms with Gasteiger partial charge in [0.15, 0.2) is 13.2 Å². The van der Waals surface area contributed by atoms with Crippen LogP contribution in [0.15, 0.2) is 24.3 Å². The van der Waals surface area contributed by atoms with Crippen molar-refractivity contribution in [2.75, 3.05) is 13.2 Å². The lowest BCUT2D eigenvalue weighted by Crippen LogP contribution is -2.37. The first-order valence-corrected chi connectivity index (χ1v) is 8.26. The van der Waals surface area contributed by atoms with Gasteiger partial charge in [0.1, 0.15) is 11.8 Å². The smallest absolute Gasteiger partial charge is 0.344 e. The summed E-state index contributed by atoms with van der Waals surface area (Å²) in [5.74, 6) is -0.605. The maximum atomic E-state index is 11.8. The van der Waals surface area contributed by atoms with Crippen molar-refractivity contribution in [1.29, 1.82) is 5.26 Å². The van der Waals surface area contributed by atoms with Gasteiger partial charge in [0.05, 0.1) is 5.56 Å². The van der Waals surface area contributed by atoms with Crippen molar-refractivity contribution in [3.05, 3.63) is 29.8 Å². The first-order valence-electron chi connectivity index (χ1n) is 8.26. The van der Waals surface area contributed by atoms with Crippen LogP contribution in [0.25, 0.3) is 0 Å². The summed E-state index contributed by atoms with van der Waals surface area (Å²) in [6, 6.07) is 8.78. The third-order valence-electron chi connectivity index (χ3n) is 3.94. The number of amides is 1. The van der Waals surface area contributed by atoms with Crippen LogP contribution >= 0.6 is 0 Å². The Morgan fingerprint density at radius 1 is 1.12 bits per heavy atom. The topological polar surface area (TPSA) is 88.4 Å². The van der Waals surface area contributed by atoms with Crippen LogP contribution in [0.3, 0.4) is 0 Å². The lowest BCUT2D eigenvalue weighted by atomic mass is 10.1. The zero-order valence-corrected chi connectivity index (χ0v) is 13.6. The number of rotatable bonds is 6. The molecule has 0 heterocycles. The standard InChI is InChI=1S/C18H22N2O4/c19-11-14-7-5-6-10-16(14)23-13-18(22)24-12-17(21)20-15-8-3-1-2-4-9-15/h5-7,10,15H,1-4,8-9,12-13H2,(H,20,21). The molecule has 0 atom stereocenters. The Kier molecular flexibility index (Phi) is 7.09. The Morgan fingerprint density at radius 3 is 2.54 bits per heavy atom. The van der Waals surface area contributed by atoms with Crippen LogP contribution < -0.4 is 10.1 Å². The minimum absolute atomic E-state index is 0.178. The molecule has 1 aromatic rings. The highest BCUT2D eigenvalue weighted by Crippen LogP contribution is 2.17. The molecule has 128 valence electrons. The SMILES string of the molecule is N#Cc1ccccc1OCC(=O)OCC(=O)NC1CCCCCC1. The molecule has 0 saturated heterocycles. The van der Waals surface area contributed by atoms with E-state index in [4.69, 9.17) is 14.7 Å². The predicted octanol–water partition coefficient (Wildman–Crippen LogP) is 2.32. The second kappa shape index (κ2) is 9.56. The Balaban J connectivity index is 1.69. The van der Waals surface area contributed by atoms with Gasteiger partial charge in [-0.2, -0.15) is 5.26 Å². The maximum Gasteiger partial charge on any atom is 0.344 e. The summed E-state index contributed by atoms with van der Waals surface area (Å²) in [4.78, 5) is 23.5. The number of esters is 1. The fraction of sp³-hybridized carbons (Fsp3) is 0.500. The van der Waals surface area contributed by atoms with Gasteiger partial charge < -0.3 is 14.8 Å². The van der Waals surface area contributed by atoms with E-state index in [0.717, 1.165) is 25.7 Å². The molecule has 6 nitrogen and oxygen atoms in total. The molecule has 0 radical (unpaired) electrons. The van der Waals surface area contributed by atoms with Gasteiger partial charge in [-0.3, -0.25) is 4.79 Å². The van der Waals surface area contributed by atoms with Gasteiger partial charge in [-0.05, 0) is 25.0 Å². The molecular weight excluding hydrogens is 308 g/mol. The number of benzene rings is 1. The molecule has 1 fully saturated rings. The molecule has 1 saturated carbocycles. The van der Waals surface area contributed by atoms with Crippen molar-refractivity contribution in [2.24, 2.45) is 0 Å². The number of nitrogens with zero attached hydrogens (tertiary/aromatic N) is 1. The number of hydrogen-bond acceptors (Lipinski definition) is 5. The van der Waals surface area contributed by atoms with Crippen LogP contribution in [0.1, 0.15) is 44.1 Å². The number of ether oxygens (including phenoxy) is 2. The van der Waals surface area contributed by atoms with E-state index in [1.807, 2.05) is 6.07 Å². The number of carbonyl (C=O) groups excluding carboxylic acids is 2. The minimum Gasteiger partial charge on any atom is -0.481 e. The number of nitrogens with one attached hydrogen (secondary N) is 1. The van der Waals surface area contributed by atoms with Crippen molar-refractivity contribution in [3.8, 4) is 11.8 Å².